The molecule has 25 heavy (non-hydrogen) atoms. The van der Waals surface area contributed by atoms with E-state index < -0.39 is 0 Å². The average molecular weight is 341 g/mol. The predicted octanol–water partition coefficient (Wildman–Crippen LogP) is 1.17. The van der Waals surface area contributed by atoms with Crippen LogP contribution in [0.1, 0.15) is 17.7 Å². The number of rotatable bonds is 7. The molecule has 0 unspecified atom stereocenters. The molecule has 3 rings (SSSR count). The number of imidazole rings is 1. The predicted molar refractivity (Wildman–Crippen MR) is 98.1 cm³/mol. The molecule has 0 spiro atoms. The van der Waals surface area contributed by atoms with Gasteiger partial charge in [-0.15, -0.1) is 0 Å². The van der Waals surface area contributed by atoms with E-state index in [0.717, 1.165) is 43.9 Å². The van der Waals surface area contributed by atoms with Crippen LogP contribution < -0.4 is 10.6 Å². The maximum Gasteiger partial charge on any atom is 0.241 e. The van der Waals surface area contributed by atoms with Crippen LogP contribution in [0.5, 0.6) is 0 Å². The summed E-state index contributed by atoms with van der Waals surface area (Å²) < 4.78 is 2.08. The number of nitrogens with zero attached hydrogens (tertiary/aromatic N) is 3. The van der Waals surface area contributed by atoms with Gasteiger partial charge in [-0.2, -0.15) is 0 Å². The Morgan fingerprint density at radius 1 is 1.32 bits per heavy atom. The fraction of sp³-hybridized carbons (Fsp3) is 0.474. The van der Waals surface area contributed by atoms with E-state index in [-0.39, 0.29) is 11.9 Å². The third-order valence-electron chi connectivity index (χ3n) is 4.47. The number of piperazine rings is 1. The molecule has 1 fully saturated rings. The van der Waals surface area contributed by atoms with Crippen molar-refractivity contribution in [3.05, 3.63) is 54.1 Å². The molecule has 1 aromatic carbocycles. The summed E-state index contributed by atoms with van der Waals surface area (Å²) in [6, 6.07) is 10.1. The summed E-state index contributed by atoms with van der Waals surface area (Å²) >= 11 is 0. The number of hydrogen-bond donors (Lipinski definition) is 2. The van der Waals surface area contributed by atoms with Crippen molar-refractivity contribution in [2.24, 2.45) is 0 Å². The zero-order valence-electron chi connectivity index (χ0n) is 14.8. The Kier molecular flexibility index (Phi) is 6.19. The smallest absolute Gasteiger partial charge is 0.241 e. The van der Waals surface area contributed by atoms with Crippen LogP contribution in [-0.2, 0) is 17.9 Å². The highest BCUT2D eigenvalue weighted by Gasteiger charge is 2.25. The molecule has 1 atom stereocenters. The number of hydrogen-bond acceptors (Lipinski definition) is 4. The van der Waals surface area contributed by atoms with Crippen molar-refractivity contribution in [2.75, 3.05) is 26.2 Å². The van der Waals surface area contributed by atoms with Gasteiger partial charge < -0.3 is 20.1 Å². The van der Waals surface area contributed by atoms with E-state index in [1.165, 1.54) is 0 Å². The molecule has 1 aliphatic rings. The summed E-state index contributed by atoms with van der Waals surface area (Å²) in [5.74, 6) is 0.179. The first kappa shape index (κ1) is 17.6. The van der Waals surface area contributed by atoms with E-state index in [1.54, 1.807) is 0 Å². The summed E-state index contributed by atoms with van der Waals surface area (Å²) in [5, 5.41) is 6.62. The van der Waals surface area contributed by atoms with Gasteiger partial charge in [0.05, 0.1) is 18.1 Å². The fourth-order valence-corrected chi connectivity index (χ4v) is 3.16. The van der Waals surface area contributed by atoms with Gasteiger partial charge in [-0.05, 0) is 18.9 Å². The van der Waals surface area contributed by atoms with Crippen LogP contribution in [0.25, 0.3) is 0 Å². The van der Waals surface area contributed by atoms with E-state index in [2.05, 4.69) is 32.3 Å². The Hall–Kier alpha value is -2.18. The minimum absolute atomic E-state index is 0.132. The van der Waals surface area contributed by atoms with Crippen molar-refractivity contribution in [3.8, 4) is 0 Å². The number of nitrogens with one attached hydrogen (secondary N) is 2. The van der Waals surface area contributed by atoms with Crippen molar-refractivity contribution in [2.45, 2.75) is 32.5 Å². The van der Waals surface area contributed by atoms with Crippen LogP contribution in [0.2, 0.25) is 0 Å². The average Bonchev–Trinajstić information content (AvgIpc) is 3.07. The van der Waals surface area contributed by atoms with E-state index >= 15 is 0 Å². The van der Waals surface area contributed by atoms with Crippen molar-refractivity contribution in [1.82, 2.24) is 25.1 Å². The lowest BCUT2D eigenvalue weighted by atomic mass is 10.1. The molecule has 1 saturated heterocycles. The summed E-state index contributed by atoms with van der Waals surface area (Å²) in [6.07, 6.45) is 4.80. The van der Waals surface area contributed by atoms with Crippen LogP contribution >= 0.6 is 0 Å². The second kappa shape index (κ2) is 8.78. The number of aryl methyl sites for hydroxylation is 2. The van der Waals surface area contributed by atoms with Gasteiger partial charge in [-0.3, -0.25) is 4.79 Å². The van der Waals surface area contributed by atoms with Gasteiger partial charge in [0.25, 0.3) is 0 Å². The van der Waals surface area contributed by atoms with E-state index in [4.69, 9.17) is 0 Å². The molecule has 1 aromatic heterocycles. The molecular weight excluding hydrogens is 314 g/mol. The topological polar surface area (TPSA) is 62.2 Å². The van der Waals surface area contributed by atoms with Gasteiger partial charge in [-0.1, -0.05) is 30.3 Å². The molecule has 1 aliphatic heterocycles. The zero-order chi connectivity index (χ0) is 17.5. The largest absolute Gasteiger partial charge is 0.337 e. The van der Waals surface area contributed by atoms with Crippen LogP contribution in [0.3, 0.4) is 0 Å². The highest BCUT2D eigenvalue weighted by atomic mass is 16.2. The number of carbonyl (C=O) groups is 1. The SMILES string of the molecule is Cc1cn(CCCN(Cc2ccccc2)C(=O)[C@H]2CNCCN2)cn1. The molecule has 0 radical (unpaired) electrons. The molecule has 2 heterocycles. The molecule has 6 nitrogen and oxygen atoms in total. The second-order valence-corrected chi connectivity index (χ2v) is 6.56. The molecule has 1 amide bonds. The lowest BCUT2D eigenvalue weighted by Crippen LogP contribution is -2.56. The van der Waals surface area contributed by atoms with E-state index in [9.17, 15) is 4.79 Å². The number of carbonyl (C=O) groups excluding carboxylic acids is 1. The van der Waals surface area contributed by atoms with Crippen LogP contribution in [0.4, 0.5) is 0 Å². The number of aromatic nitrogens is 2. The highest BCUT2D eigenvalue weighted by molar-refractivity contribution is 5.82. The summed E-state index contributed by atoms with van der Waals surface area (Å²) in [4.78, 5) is 19.2. The quantitative estimate of drug-likeness (QED) is 0.794. The zero-order valence-corrected chi connectivity index (χ0v) is 14.8. The Labute approximate surface area is 149 Å². The van der Waals surface area contributed by atoms with E-state index in [1.807, 2.05) is 42.5 Å². The van der Waals surface area contributed by atoms with Gasteiger partial charge in [-0.25, -0.2) is 4.98 Å². The van der Waals surface area contributed by atoms with Gasteiger partial charge in [0.15, 0.2) is 0 Å². The summed E-state index contributed by atoms with van der Waals surface area (Å²) in [6.45, 7) is 6.71. The van der Waals surface area contributed by atoms with Crippen LogP contribution in [0.15, 0.2) is 42.9 Å². The Morgan fingerprint density at radius 2 is 2.16 bits per heavy atom. The molecule has 134 valence electrons. The molecule has 0 bridgehead atoms. The summed E-state index contributed by atoms with van der Waals surface area (Å²) in [7, 11) is 0. The van der Waals surface area contributed by atoms with Crippen molar-refractivity contribution >= 4 is 5.91 Å². The summed E-state index contributed by atoms with van der Waals surface area (Å²) in [5.41, 5.74) is 2.19. The fourth-order valence-electron chi connectivity index (χ4n) is 3.16. The van der Waals surface area contributed by atoms with Gasteiger partial charge in [0.1, 0.15) is 0 Å². The van der Waals surface area contributed by atoms with Crippen LogP contribution in [-0.4, -0.2) is 52.6 Å². The normalized spacial score (nSPS) is 17.4. The molecule has 2 aromatic rings. The van der Waals surface area contributed by atoms with Crippen LogP contribution in [0, 0.1) is 6.92 Å². The van der Waals surface area contributed by atoms with Gasteiger partial charge in [0, 0.05) is 45.5 Å². The first-order valence-electron chi connectivity index (χ1n) is 8.97. The minimum atomic E-state index is -0.132. The molecule has 6 heteroatoms. The lowest BCUT2D eigenvalue weighted by molar-refractivity contribution is -0.134. The van der Waals surface area contributed by atoms with Crippen molar-refractivity contribution in [1.29, 1.82) is 0 Å². The third kappa shape index (κ3) is 5.14. The highest BCUT2D eigenvalue weighted by Crippen LogP contribution is 2.09. The van der Waals surface area contributed by atoms with Gasteiger partial charge >= 0.3 is 0 Å². The molecule has 0 aliphatic carbocycles. The van der Waals surface area contributed by atoms with Gasteiger partial charge in [0.2, 0.25) is 5.91 Å². The number of benzene rings is 1. The third-order valence-corrected chi connectivity index (χ3v) is 4.47. The monoisotopic (exact) mass is 341 g/mol. The molecule has 2 N–H and O–H groups in total. The Balaban J connectivity index is 1.61. The Morgan fingerprint density at radius 3 is 2.84 bits per heavy atom. The van der Waals surface area contributed by atoms with Crippen molar-refractivity contribution in [3.63, 3.8) is 0 Å². The molecular formula is C19H27N5O. The number of amides is 1. The first-order chi connectivity index (χ1) is 12.2. The first-order valence-corrected chi connectivity index (χ1v) is 8.97. The lowest BCUT2D eigenvalue weighted by Gasteiger charge is -2.30. The Bertz CT molecular complexity index is 663. The maximum absolute atomic E-state index is 13.0. The van der Waals surface area contributed by atoms with Crippen molar-refractivity contribution < 1.29 is 4.79 Å². The molecule has 0 saturated carbocycles. The van der Waals surface area contributed by atoms with E-state index in [0.29, 0.717) is 13.1 Å². The minimum Gasteiger partial charge on any atom is -0.337 e. The maximum atomic E-state index is 13.0. The standard InChI is InChI=1S/C19H27N5O/c1-16-13-23(15-22-16)10-5-11-24(14-17-6-3-2-4-7-17)19(25)18-12-20-8-9-21-18/h2-4,6-7,13,15,18,20-21H,5,8-12,14H2,1H3/t18-/m1/s1. The second-order valence-electron chi connectivity index (χ2n) is 6.56.